The number of carbonyl (C=O) groups is 2. The van der Waals surface area contributed by atoms with Crippen LogP contribution in [0, 0.1) is 0 Å². The summed E-state index contributed by atoms with van der Waals surface area (Å²) < 4.78 is 40.8. The molecule has 168 valence electrons. The van der Waals surface area contributed by atoms with Crippen molar-refractivity contribution in [3.8, 4) is 5.69 Å². The molecule has 5 N–H and O–H groups in total. The predicted molar refractivity (Wildman–Crippen MR) is 113 cm³/mol. The monoisotopic (exact) mass is 446 g/mol. The summed E-state index contributed by atoms with van der Waals surface area (Å²) in [5.41, 5.74) is 5.69. The van der Waals surface area contributed by atoms with E-state index in [4.69, 9.17) is 5.73 Å². The molecule has 0 aliphatic heterocycles. The van der Waals surface area contributed by atoms with Crippen LogP contribution in [0.2, 0.25) is 0 Å². The summed E-state index contributed by atoms with van der Waals surface area (Å²) in [5, 5.41) is 11.2. The molecule has 32 heavy (non-hydrogen) atoms. The van der Waals surface area contributed by atoms with Gasteiger partial charge in [-0.15, -0.1) is 0 Å². The van der Waals surface area contributed by atoms with Gasteiger partial charge < -0.3 is 16.4 Å². The third-order valence-electron chi connectivity index (χ3n) is 4.31. The van der Waals surface area contributed by atoms with Gasteiger partial charge in [0.2, 0.25) is 5.91 Å². The van der Waals surface area contributed by atoms with Gasteiger partial charge in [-0.05, 0) is 36.8 Å². The highest BCUT2D eigenvalue weighted by molar-refractivity contribution is 5.99. The second-order valence-corrected chi connectivity index (χ2v) is 6.95. The lowest BCUT2D eigenvalue weighted by atomic mass is 10.2. The average Bonchev–Trinajstić information content (AvgIpc) is 3.17. The van der Waals surface area contributed by atoms with Gasteiger partial charge in [0.05, 0.1) is 11.7 Å². The number of para-hydroxylation sites is 1. The zero-order valence-electron chi connectivity index (χ0n) is 17.0. The minimum absolute atomic E-state index is 0.124. The molecule has 3 rings (SSSR count). The predicted octanol–water partition coefficient (Wildman–Crippen LogP) is 3.50. The number of urea groups is 1. The first-order valence-electron chi connectivity index (χ1n) is 9.56. The molecule has 0 unspecified atom stereocenters. The SMILES string of the molecule is C[C@H](N)C(=O)NCc1cccc(-n2nc(C(F)(F)F)cc2NC(=O)Nc2ccccc2)c1. The number of benzene rings is 2. The lowest BCUT2D eigenvalue weighted by Crippen LogP contribution is -2.37. The molecule has 0 saturated heterocycles. The molecule has 3 amide bonds. The zero-order valence-corrected chi connectivity index (χ0v) is 17.0. The lowest BCUT2D eigenvalue weighted by Gasteiger charge is -2.12. The van der Waals surface area contributed by atoms with E-state index in [0.717, 1.165) is 10.7 Å². The smallest absolute Gasteiger partial charge is 0.351 e. The van der Waals surface area contributed by atoms with E-state index >= 15 is 0 Å². The number of anilines is 2. The third-order valence-corrected chi connectivity index (χ3v) is 4.31. The largest absolute Gasteiger partial charge is 0.435 e. The summed E-state index contributed by atoms with van der Waals surface area (Å²) in [4.78, 5) is 24.0. The Morgan fingerprint density at radius 3 is 2.44 bits per heavy atom. The minimum Gasteiger partial charge on any atom is -0.351 e. The first kappa shape index (κ1) is 22.8. The quantitative estimate of drug-likeness (QED) is 0.464. The number of hydrogen-bond donors (Lipinski definition) is 4. The molecule has 0 fully saturated rings. The van der Waals surface area contributed by atoms with Gasteiger partial charge in [0.15, 0.2) is 5.69 Å². The maximum absolute atomic E-state index is 13.3. The summed E-state index contributed by atoms with van der Waals surface area (Å²) in [5.74, 6) is -0.545. The average molecular weight is 446 g/mol. The Balaban J connectivity index is 1.87. The third kappa shape index (κ3) is 5.85. The number of carbonyl (C=O) groups excluding carboxylic acids is 2. The molecular weight excluding hydrogens is 425 g/mol. The maximum atomic E-state index is 13.3. The Kier molecular flexibility index (Phi) is 6.79. The number of halogens is 3. The maximum Gasteiger partial charge on any atom is 0.435 e. The lowest BCUT2D eigenvalue weighted by molar-refractivity contribution is -0.141. The summed E-state index contributed by atoms with van der Waals surface area (Å²) >= 11 is 0. The van der Waals surface area contributed by atoms with Gasteiger partial charge in [-0.3, -0.25) is 10.1 Å². The second-order valence-electron chi connectivity index (χ2n) is 6.95. The molecule has 11 heteroatoms. The van der Waals surface area contributed by atoms with E-state index in [9.17, 15) is 22.8 Å². The van der Waals surface area contributed by atoms with Crippen molar-refractivity contribution in [3.63, 3.8) is 0 Å². The molecule has 0 radical (unpaired) electrons. The standard InChI is InChI=1S/C21H21F3N6O2/c1-13(25)19(31)26-12-14-6-5-9-16(10-14)30-18(11-17(29-30)21(22,23)24)28-20(32)27-15-7-3-2-4-8-15/h2-11,13H,12,25H2,1H3,(H,26,31)(H2,27,28,32)/t13-/m0/s1. The number of nitrogens with two attached hydrogens (primary N) is 1. The Bertz CT molecular complexity index is 1100. The Morgan fingerprint density at radius 2 is 1.78 bits per heavy atom. The van der Waals surface area contributed by atoms with Crippen LogP contribution in [0.3, 0.4) is 0 Å². The molecule has 2 aromatic carbocycles. The molecule has 1 atom stereocenters. The summed E-state index contributed by atoms with van der Waals surface area (Å²) in [7, 11) is 0. The number of nitrogens with zero attached hydrogens (tertiary/aromatic N) is 2. The van der Waals surface area contributed by atoms with Gasteiger partial charge >= 0.3 is 12.2 Å². The van der Waals surface area contributed by atoms with E-state index in [1.54, 1.807) is 48.5 Å². The van der Waals surface area contributed by atoms with E-state index in [-0.39, 0.29) is 24.0 Å². The van der Waals surface area contributed by atoms with E-state index in [1.165, 1.54) is 13.0 Å². The van der Waals surface area contributed by atoms with Crippen molar-refractivity contribution in [1.82, 2.24) is 15.1 Å². The van der Waals surface area contributed by atoms with Gasteiger partial charge in [-0.1, -0.05) is 30.3 Å². The Morgan fingerprint density at radius 1 is 1.06 bits per heavy atom. The second kappa shape index (κ2) is 9.52. The van der Waals surface area contributed by atoms with Crippen molar-refractivity contribution < 1.29 is 22.8 Å². The highest BCUT2D eigenvalue weighted by Gasteiger charge is 2.35. The van der Waals surface area contributed by atoms with E-state index in [2.05, 4.69) is 21.0 Å². The van der Waals surface area contributed by atoms with Crippen LogP contribution in [0.25, 0.3) is 5.69 Å². The van der Waals surface area contributed by atoms with Crippen LogP contribution in [0.15, 0.2) is 60.7 Å². The van der Waals surface area contributed by atoms with E-state index in [0.29, 0.717) is 11.3 Å². The number of alkyl halides is 3. The summed E-state index contributed by atoms with van der Waals surface area (Å²) in [6.07, 6.45) is -4.71. The van der Waals surface area contributed by atoms with Crippen molar-refractivity contribution in [3.05, 3.63) is 71.9 Å². The molecule has 1 aromatic heterocycles. The van der Waals surface area contributed by atoms with Gasteiger partial charge in [0, 0.05) is 18.3 Å². The van der Waals surface area contributed by atoms with Crippen molar-refractivity contribution in [2.75, 3.05) is 10.6 Å². The molecule has 0 aliphatic rings. The van der Waals surface area contributed by atoms with Crippen LogP contribution in [0.5, 0.6) is 0 Å². The van der Waals surface area contributed by atoms with Crippen molar-refractivity contribution in [2.45, 2.75) is 25.7 Å². The van der Waals surface area contributed by atoms with Crippen LogP contribution in [0.1, 0.15) is 18.2 Å². The van der Waals surface area contributed by atoms with E-state index < -0.39 is 23.9 Å². The topological polar surface area (TPSA) is 114 Å². The molecule has 1 heterocycles. The first-order valence-corrected chi connectivity index (χ1v) is 9.56. The van der Waals surface area contributed by atoms with Gasteiger partial charge in [-0.25, -0.2) is 9.48 Å². The fourth-order valence-corrected chi connectivity index (χ4v) is 2.75. The molecular formula is C21H21F3N6O2. The van der Waals surface area contributed by atoms with E-state index in [1.807, 2.05) is 0 Å². The fourth-order valence-electron chi connectivity index (χ4n) is 2.75. The molecule has 0 bridgehead atoms. The Hall–Kier alpha value is -3.86. The van der Waals surface area contributed by atoms with Crippen LogP contribution in [-0.4, -0.2) is 27.8 Å². The van der Waals surface area contributed by atoms with Crippen molar-refractivity contribution in [2.24, 2.45) is 5.73 Å². The summed E-state index contributed by atoms with van der Waals surface area (Å²) in [6.45, 7) is 1.66. The molecule has 0 spiro atoms. The number of amides is 3. The number of nitrogens with one attached hydrogen (secondary N) is 3. The normalized spacial score (nSPS) is 12.2. The highest BCUT2D eigenvalue weighted by Crippen LogP contribution is 2.31. The van der Waals surface area contributed by atoms with Crippen LogP contribution in [-0.2, 0) is 17.5 Å². The van der Waals surface area contributed by atoms with Gasteiger partial charge in [-0.2, -0.15) is 18.3 Å². The van der Waals surface area contributed by atoms with Crippen LogP contribution < -0.4 is 21.7 Å². The minimum atomic E-state index is -4.71. The Labute approximate surface area is 181 Å². The molecule has 0 saturated carbocycles. The van der Waals surface area contributed by atoms with Crippen LogP contribution >= 0.6 is 0 Å². The molecule has 3 aromatic rings. The molecule has 8 nitrogen and oxygen atoms in total. The number of rotatable bonds is 6. The summed E-state index contributed by atoms with van der Waals surface area (Å²) in [6, 6.07) is 14.1. The van der Waals surface area contributed by atoms with Crippen molar-refractivity contribution in [1.29, 1.82) is 0 Å². The van der Waals surface area contributed by atoms with Gasteiger partial charge in [0.25, 0.3) is 0 Å². The molecule has 0 aliphatic carbocycles. The first-order chi connectivity index (χ1) is 15.1. The highest BCUT2D eigenvalue weighted by atomic mass is 19.4. The van der Waals surface area contributed by atoms with Crippen LogP contribution in [0.4, 0.5) is 29.5 Å². The number of hydrogen-bond acceptors (Lipinski definition) is 4. The number of aromatic nitrogens is 2. The van der Waals surface area contributed by atoms with Crippen molar-refractivity contribution >= 4 is 23.4 Å². The zero-order chi connectivity index (χ0) is 23.3. The fraction of sp³-hybridized carbons (Fsp3) is 0.190. The van der Waals surface area contributed by atoms with Gasteiger partial charge in [0.1, 0.15) is 5.82 Å².